The zero-order valence-electron chi connectivity index (χ0n) is 6.77. The van der Waals surface area contributed by atoms with Gasteiger partial charge in [0.2, 0.25) is 0 Å². The van der Waals surface area contributed by atoms with Crippen molar-refractivity contribution in [2.45, 2.75) is 12.8 Å². The molecule has 0 aromatic carbocycles. The number of nitriles is 1. The summed E-state index contributed by atoms with van der Waals surface area (Å²) in [4.78, 5) is 3.48. The number of aromatic nitrogens is 1. The first kappa shape index (κ1) is 10.8. The van der Waals surface area contributed by atoms with Gasteiger partial charge in [0.15, 0.2) is 5.82 Å². The Labute approximate surface area is 82.9 Å². The van der Waals surface area contributed by atoms with Crippen LogP contribution < -0.4 is 0 Å². The molecule has 2 nitrogen and oxygen atoms in total. The molecule has 0 bridgehead atoms. The fourth-order valence-electron chi connectivity index (χ4n) is 0.864. The number of rotatable bonds is 2. The van der Waals surface area contributed by atoms with Crippen LogP contribution in [0.25, 0.3) is 0 Å². The van der Waals surface area contributed by atoms with Crippen LogP contribution in [-0.4, -0.2) is 4.98 Å². The molecule has 0 fully saturated rings. The molecule has 0 saturated heterocycles. The minimum absolute atomic E-state index is 0.0314. The smallest absolute Gasteiger partial charge is 0.258 e. The molecule has 14 heavy (non-hydrogen) atoms. The fraction of sp³-hybridized carbons (Fsp3) is 0.250. The lowest BCUT2D eigenvalue weighted by atomic mass is 10.2. The number of halogens is 4. The van der Waals surface area contributed by atoms with Gasteiger partial charge in [-0.2, -0.15) is 5.26 Å². The maximum atomic E-state index is 13.1. The third kappa shape index (κ3) is 1.96. The SMILES string of the molecule is N#CCc1ncc(C(F)F)c(F)c1Cl. The predicted molar refractivity (Wildman–Crippen MR) is 43.5 cm³/mol. The summed E-state index contributed by atoms with van der Waals surface area (Å²) in [6, 6.07) is 1.70. The number of nitrogens with zero attached hydrogens (tertiary/aromatic N) is 2. The topological polar surface area (TPSA) is 36.7 Å². The van der Waals surface area contributed by atoms with E-state index in [2.05, 4.69) is 4.98 Å². The molecule has 0 N–H and O–H groups in total. The average Bonchev–Trinajstić information content (AvgIpc) is 2.13. The van der Waals surface area contributed by atoms with Crippen LogP contribution in [0, 0.1) is 17.1 Å². The van der Waals surface area contributed by atoms with Gasteiger partial charge >= 0.3 is 0 Å². The van der Waals surface area contributed by atoms with Gasteiger partial charge in [0.05, 0.1) is 28.8 Å². The summed E-state index contributed by atoms with van der Waals surface area (Å²) < 4.78 is 37.3. The normalized spacial score (nSPS) is 10.3. The van der Waals surface area contributed by atoms with E-state index in [0.29, 0.717) is 6.20 Å². The maximum Gasteiger partial charge on any atom is 0.268 e. The van der Waals surface area contributed by atoms with Crippen LogP contribution in [0.15, 0.2) is 6.20 Å². The molecule has 0 spiro atoms. The predicted octanol–water partition coefficient (Wildman–Crippen LogP) is 2.88. The summed E-state index contributed by atoms with van der Waals surface area (Å²) in [7, 11) is 0. The van der Waals surface area contributed by atoms with E-state index in [1.807, 2.05) is 0 Å². The number of pyridine rings is 1. The first-order valence-electron chi connectivity index (χ1n) is 3.55. The molecule has 74 valence electrons. The van der Waals surface area contributed by atoms with Crippen molar-refractivity contribution in [1.29, 1.82) is 5.26 Å². The fourth-order valence-corrected chi connectivity index (χ4v) is 1.09. The molecule has 1 heterocycles. The lowest BCUT2D eigenvalue weighted by molar-refractivity contribution is 0.146. The Morgan fingerprint density at radius 3 is 2.71 bits per heavy atom. The van der Waals surface area contributed by atoms with Crippen molar-refractivity contribution < 1.29 is 13.2 Å². The van der Waals surface area contributed by atoms with Gasteiger partial charge in [-0.1, -0.05) is 11.6 Å². The van der Waals surface area contributed by atoms with Gasteiger partial charge in [-0.15, -0.1) is 0 Å². The Balaban J connectivity index is 3.20. The number of alkyl halides is 2. The molecule has 1 rings (SSSR count). The Hall–Kier alpha value is -1.28. The highest BCUT2D eigenvalue weighted by atomic mass is 35.5. The zero-order chi connectivity index (χ0) is 10.7. The van der Waals surface area contributed by atoms with Gasteiger partial charge in [0.1, 0.15) is 0 Å². The lowest BCUT2D eigenvalue weighted by Crippen LogP contribution is -1.99. The monoisotopic (exact) mass is 220 g/mol. The van der Waals surface area contributed by atoms with Crippen molar-refractivity contribution in [2.75, 3.05) is 0 Å². The molecule has 6 heteroatoms. The number of hydrogen-bond donors (Lipinski definition) is 0. The average molecular weight is 221 g/mol. The van der Waals surface area contributed by atoms with E-state index in [-0.39, 0.29) is 12.1 Å². The first-order valence-corrected chi connectivity index (χ1v) is 3.93. The van der Waals surface area contributed by atoms with Gasteiger partial charge < -0.3 is 0 Å². The van der Waals surface area contributed by atoms with E-state index in [4.69, 9.17) is 16.9 Å². The Morgan fingerprint density at radius 1 is 1.57 bits per heavy atom. The summed E-state index contributed by atoms with van der Waals surface area (Å²) in [6.07, 6.45) is -2.48. The highest BCUT2D eigenvalue weighted by Crippen LogP contribution is 2.27. The van der Waals surface area contributed by atoms with E-state index < -0.39 is 22.8 Å². The Bertz CT molecular complexity index is 387. The van der Waals surface area contributed by atoms with E-state index >= 15 is 0 Å². The summed E-state index contributed by atoms with van der Waals surface area (Å²) in [5.74, 6) is -1.21. The standard InChI is InChI=1S/C8H4ClF3N2/c9-6-5(1-2-13)14-3-4(7(6)10)8(11)12/h3,8H,1H2. The molecule has 1 aromatic heterocycles. The second-order valence-corrected chi connectivity index (χ2v) is 2.80. The largest absolute Gasteiger partial charge is 0.268 e. The third-order valence-corrected chi connectivity index (χ3v) is 1.92. The highest BCUT2D eigenvalue weighted by molar-refractivity contribution is 6.31. The molecule has 0 aliphatic heterocycles. The van der Waals surface area contributed by atoms with Crippen LogP contribution in [0.4, 0.5) is 13.2 Å². The zero-order valence-corrected chi connectivity index (χ0v) is 7.52. The van der Waals surface area contributed by atoms with Gasteiger partial charge in [-0.25, -0.2) is 13.2 Å². The molecule has 0 atom stereocenters. The molecular formula is C8H4ClF3N2. The van der Waals surface area contributed by atoms with Crippen LogP contribution in [0.1, 0.15) is 17.7 Å². The van der Waals surface area contributed by atoms with Crippen molar-refractivity contribution >= 4 is 11.6 Å². The van der Waals surface area contributed by atoms with Crippen LogP contribution >= 0.6 is 11.6 Å². The molecule has 0 aliphatic rings. The van der Waals surface area contributed by atoms with Gasteiger partial charge in [-0.3, -0.25) is 4.98 Å². The van der Waals surface area contributed by atoms with Gasteiger partial charge in [-0.05, 0) is 0 Å². The van der Waals surface area contributed by atoms with Crippen molar-refractivity contribution in [3.63, 3.8) is 0 Å². The van der Waals surface area contributed by atoms with E-state index in [9.17, 15) is 13.2 Å². The van der Waals surface area contributed by atoms with Crippen molar-refractivity contribution in [2.24, 2.45) is 0 Å². The van der Waals surface area contributed by atoms with Crippen LogP contribution in [0.2, 0.25) is 5.02 Å². The van der Waals surface area contributed by atoms with E-state index in [1.165, 1.54) is 0 Å². The van der Waals surface area contributed by atoms with Gasteiger partial charge in [0.25, 0.3) is 6.43 Å². The summed E-state index contributed by atoms with van der Waals surface area (Å²) in [5, 5.41) is 7.78. The lowest BCUT2D eigenvalue weighted by Gasteiger charge is -2.05. The molecular weight excluding hydrogens is 217 g/mol. The molecule has 0 aliphatic carbocycles. The quantitative estimate of drug-likeness (QED) is 0.768. The molecule has 0 amide bonds. The summed E-state index contributed by atoms with van der Waals surface area (Å²) in [5.41, 5.74) is -0.882. The van der Waals surface area contributed by atoms with Crippen LogP contribution in [-0.2, 0) is 6.42 Å². The minimum Gasteiger partial charge on any atom is -0.258 e. The molecule has 0 unspecified atom stereocenters. The van der Waals surface area contributed by atoms with Crippen LogP contribution in [0.3, 0.4) is 0 Å². The van der Waals surface area contributed by atoms with E-state index in [1.54, 1.807) is 6.07 Å². The second-order valence-electron chi connectivity index (χ2n) is 2.42. The Kier molecular flexibility index (Phi) is 3.31. The van der Waals surface area contributed by atoms with Crippen LogP contribution in [0.5, 0.6) is 0 Å². The summed E-state index contributed by atoms with van der Waals surface area (Å²) >= 11 is 5.40. The van der Waals surface area contributed by atoms with Gasteiger partial charge in [0, 0.05) is 6.20 Å². The van der Waals surface area contributed by atoms with Crippen molar-refractivity contribution in [3.8, 4) is 6.07 Å². The third-order valence-electron chi connectivity index (χ3n) is 1.54. The van der Waals surface area contributed by atoms with Crippen molar-refractivity contribution in [3.05, 3.63) is 28.3 Å². The molecule has 1 aromatic rings. The summed E-state index contributed by atoms with van der Waals surface area (Å²) in [6.45, 7) is 0. The van der Waals surface area contributed by atoms with Crippen molar-refractivity contribution in [1.82, 2.24) is 4.98 Å². The second kappa shape index (κ2) is 4.29. The maximum absolute atomic E-state index is 13.1. The Morgan fingerprint density at radius 2 is 2.21 bits per heavy atom. The molecule has 0 radical (unpaired) electrons. The minimum atomic E-state index is -2.96. The first-order chi connectivity index (χ1) is 6.57. The number of hydrogen-bond acceptors (Lipinski definition) is 2. The van der Waals surface area contributed by atoms with E-state index in [0.717, 1.165) is 0 Å². The highest BCUT2D eigenvalue weighted by Gasteiger charge is 2.19. The molecule has 0 saturated carbocycles.